The van der Waals surface area contributed by atoms with E-state index in [1.165, 1.54) is 11.8 Å². The minimum absolute atomic E-state index is 0.153. The van der Waals surface area contributed by atoms with Crippen molar-refractivity contribution in [2.75, 3.05) is 19.1 Å². The lowest BCUT2D eigenvalue weighted by atomic mass is 10.1. The van der Waals surface area contributed by atoms with E-state index in [0.29, 0.717) is 27.2 Å². The molecule has 1 aromatic heterocycles. The third-order valence-electron chi connectivity index (χ3n) is 4.72. The Hall–Kier alpha value is -3.58. The highest BCUT2D eigenvalue weighted by atomic mass is 32.2. The number of rotatable bonds is 5. The summed E-state index contributed by atoms with van der Waals surface area (Å²) in [5.41, 5.74) is 3.14. The Morgan fingerprint density at radius 2 is 1.81 bits per heavy atom. The van der Waals surface area contributed by atoms with Gasteiger partial charge in [0.05, 0.1) is 12.0 Å². The van der Waals surface area contributed by atoms with Crippen molar-refractivity contribution in [3.05, 3.63) is 82.1 Å². The number of aryl methyl sites for hydroxylation is 1. The lowest BCUT2D eigenvalue weighted by Gasteiger charge is -2.14. The monoisotopic (exact) mass is 431 g/mol. The van der Waals surface area contributed by atoms with Gasteiger partial charge in [-0.1, -0.05) is 53.7 Å². The van der Waals surface area contributed by atoms with Crippen LogP contribution in [0.5, 0.6) is 5.75 Å². The van der Waals surface area contributed by atoms with Gasteiger partial charge in [0.1, 0.15) is 17.1 Å². The predicted molar refractivity (Wildman–Crippen MR) is 126 cm³/mol. The maximum Gasteiger partial charge on any atom is 0.271 e. The highest BCUT2D eigenvalue weighted by Gasteiger charge is 2.37. The molecule has 4 rings (SSSR count). The number of amides is 1. The Morgan fingerprint density at radius 3 is 2.48 bits per heavy atom. The highest BCUT2D eigenvalue weighted by molar-refractivity contribution is 8.19. The average Bonchev–Trinajstić information content (AvgIpc) is 3.31. The molecule has 0 unspecified atom stereocenters. The second kappa shape index (κ2) is 9.06. The molecule has 2 heterocycles. The number of anilines is 1. The molecule has 0 atom stereocenters. The van der Waals surface area contributed by atoms with Crippen molar-refractivity contribution >= 4 is 46.8 Å². The van der Waals surface area contributed by atoms with E-state index in [1.807, 2.05) is 73.7 Å². The van der Waals surface area contributed by atoms with E-state index in [2.05, 4.69) is 10.1 Å². The lowest BCUT2D eigenvalue weighted by Crippen LogP contribution is -2.29. The van der Waals surface area contributed by atoms with Gasteiger partial charge in [0.15, 0.2) is 10.9 Å². The summed E-state index contributed by atoms with van der Waals surface area (Å²) in [7, 11) is 3.30. The summed E-state index contributed by atoms with van der Waals surface area (Å²) in [6.07, 6.45) is 5.58. The van der Waals surface area contributed by atoms with Crippen molar-refractivity contribution in [2.24, 2.45) is 4.99 Å². The van der Waals surface area contributed by atoms with Crippen LogP contribution in [0.25, 0.3) is 18.2 Å². The predicted octanol–water partition coefficient (Wildman–Crippen LogP) is 5.27. The van der Waals surface area contributed by atoms with Crippen LogP contribution in [-0.4, -0.2) is 30.4 Å². The Labute approximate surface area is 184 Å². The summed E-state index contributed by atoms with van der Waals surface area (Å²) in [5.74, 6) is 1.12. The third kappa shape index (κ3) is 4.32. The fourth-order valence-corrected chi connectivity index (χ4v) is 4.10. The van der Waals surface area contributed by atoms with E-state index in [9.17, 15) is 4.79 Å². The van der Waals surface area contributed by atoms with Gasteiger partial charge in [-0.05, 0) is 54.1 Å². The Morgan fingerprint density at radius 1 is 1.06 bits per heavy atom. The summed E-state index contributed by atoms with van der Waals surface area (Å²) >= 11 is 1.34. The SMILES string of the molecule is CN=C1S/C(=C\c2ccccc2)C(=O)N1c1c(C)noc1/C=C/c1ccc(OC)cc1. The first-order valence-electron chi connectivity index (χ1n) is 9.65. The number of nitrogens with zero attached hydrogens (tertiary/aromatic N) is 3. The molecule has 0 N–H and O–H groups in total. The standard InChI is InChI=1S/C24H21N3O3S/c1-16-22(20(30-26-16)14-11-17-9-12-19(29-3)13-10-17)27-23(28)21(31-24(27)25-2)15-18-7-5-4-6-8-18/h4-15H,1-3H3/b14-11+,21-15-,25-24?. The van der Waals surface area contributed by atoms with Gasteiger partial charge in [0.2, 0.25) is 0 Å². The largest absolute Gasteiger partial charge is 0.497 e. The number of carbonyl (C=O) groups excluding carboxylic acids is 1. The van der Waals surface area contributed by atoms with E-state index in [1.54, 1.807) is 25.1 Å². The van der Waals surface area contributed by atoms with E-state index >= 15 is 0 Å². The van der Waals surface area contributed by atoms with Crippen LogP contribution in [0, 0.1) is 6.92 Å². The molecule has 1 amide bonds. The molecular weight excluding hydrogens is 410 g/mol. The normalized spacial score (nSPS) is 16.7. The van der Waals surface area contributed by atoms with Crippen LogP contribution >= 0.6 is 11.8 Å². The minimum Gasteiger partial charge on any atom is -0.497 e. The van der Waals surface area contributed by atoms with Gasteiger partial charge in [0, 0.05) is 7.05 Å². The molecular formula is C24H21N3O3S. The number of benzene rings is 2. The first kappa shape index (κ1) is 20.7. The third-order valence-corrected chi connectivity index (χ3v) is 5.78. The average molecular weight is 432 g/mol. The fraction of sp³-hybridized carbons (Fsp3) is 0.125. The molecule has 0 aliphatic carbocycles. The maximum atomic E-state index is 13.3. The maximum absolute atomic E-state index is 13.3. The van der Waals surface area contributed by atoms with Crippen molar-refractivity contribution in [3.63, 3.8) is 0 Å². The molecule has 1 fully saturated rings. The van der Waals surface area contributed by atoms with Crippen LogP contribution in [0.1, 0.15) is 22.6 Å². The Balaban J connectivity index is 1.67. The summed E-state index contributed by atoms with van der Waals surface area (Å²) < 4.78 is 10.7. The van der Waals surface area contributed by atoms with Crippen molar-refractivity contribution in [1.29, 1.82) is 0 Å². The van der Waals surface area contributed by atoms with Crippen molar-refractivity contribution < 1.29 is 14.1 Å². The smallest absolute Gasteiger partial charge is 0.271 e. The van der Waals surface area contributed by atoms with Crippen LogP contribution in [0.2, 0.25) is 0 Å². The van der Waals surface area contributed by atoms with Crippen molar-refractivity contribution in [1.82, 2.24) is 5.16 Å². The fourth-order valence-electron chi connectivity index (χ4n) is 3.17. The van der Waals surface area contributed by atoms with Crippen LogP contribution in [0.4, 0.5) is 5.69 Å². The molecule has 0 radical (unpaired) electrons. The number of thioether (sulfide) groups is 1. The van der Waals surface area contributed by atoms with Gasteiger partial charge in [-0.25, -0.2) is 4.90 Å². The van der Waals surface area contributed by atoms with E-state index in [-0.39, 0.29) is 5.91 Å². The minimum atomic E-state index is -0.153. The molecule has 0 spiro atoms. The van der Waals surface area contributed by atoms with Gasteiger partial charge in [-0.2, -0.15) is 0 Å². The highest BCUT2D eigenvalue weighted by Crippen LogP contribution is 2.39. The molecule has 1 aliphatic heterocycles. The number of hydrogen-bond donors (Lipinski definition) is 0. The number of carbonyl (C=O) groups is 1. The number of ether oxygens (including phenoxy) is 1. The molecule has 3 aromatic rings. The van der Waals surface area contributed by atoms with E-state index in [0.717, 1.165) is 16.9 Å². The quantitative estimate of drug-likeness (QED) is 0.515. The van der Waals surface area contributed by atoms with Gasteiger partial charge in [-0.3, -0.25) is 9.79 Å². The Kier molecular flexibility index (Phi) is 6.04. The molecule has 2 aromatic carbocycles. The molecule has 1 aliphatic rings. The second-order valence-corrected chi connectivity index (χ2v) is 7.76. The van der Waals surface area contributed by atoms with Crippen molar-refractivity contribution in [2.45, 2.75) is 6.92 Å². The second-order valence-electron chi connectivity index (χ2n) is 6.76. The van der Waals surface area contributed by atoms with Crippen LogP contribution < -0.4 is 9.64 Å². The molecule has 7 heteroatoms. The molecule has 31 heavy (non-hydrogen) atoms. The Bertz CT molecular complexity index is 1180. The topological polar surface area (TPSA) is 67.9 Å². The number of hydrogen-bond acceptors (Lipinski definition) is 6. The summed E-state index contributed by atoms with van der Waals surface area (Å²) in [5, 5.41) is 4.67. The molecule has 6 nitrogen and oxygen atoms in total. The van der Waals surface area contributed by atoms with E-state index in [4.69, 9.17) is 9.26 Å². The zero-order chi connectivity index (χ0) is 21.8. The molecule has 156 valence electrons. The first-order valence-corrected chi connectivity index (χ1v) is 10.5. The zero-order valence-corrected chi connectivity index (χ0v) is 18.2. The molecule has 0 bridgehead atoms. The lowest BCUT2D eigenvalue weighted by molar-refractivity contribution is -0.113. The summed E-state index contributed by atoms with van der Waals surface area (Å²) in [6.45, 7) is 1.81. The molecule has 0 saturated carbocycles. The van der Waals surface area contributed by atoms with E-state index < -0.39 is 0 Å². The van der Waals surface area contributed by atoms with Crippen molar-refractivity contribution in [3.8, 4) is 5.75 Å². The van der Waals surface area contributed by atoms with Gasteiger partial charge >= 0.3 is 0 Å². The summed E-state index contributed by atoms with van der Waals surface area (Å²) in [6, 6.07) is 17.4. The molecule has 1 saturated heterocycles. The van der Waals surface area contributed by atoms with Gasteiger partial charge in [-0.15, -0.1) is 0 Å². The number of aromatic nitrogens is 1. The zero-order valence-electron chi connectivity index (χ0n) is 17.4. The first-order chi connectivity index (χ1) is 15.1. The van der Waals surface area contributed by atoms with Crippen LogP contribution in [-0.2, 0) is 4.79 Å². The number of methoxy groups -OCH3 is 1. The number of amidine groups is 1. The van der Waals surface area contributed by atoms with Gasteiger partial charge in [0.25, 0.3) is 5.91 Å². The summed E-state index contributed by atoms with van der Waals surface area (Å²) in [4.78, 5) is 19.8. The van der Waals surface area contributed by atoms with Crippen LogP contribution in [0.15, 0.2) is 69.0 Å². The number of aliphatic imine (C=N–C) groups is 1. The van der Waals surface area contributed by atoms with Crippen LogP contribution in [0.3, 0.4) is 0 Å². The van der Waals surface area contributed by atoms with Gasteiger partial charge < -0.3 is 9.26 Å².